The summed E-state index contributed by atoms with van der Waals surface area (Å²) in [4.78, 5) is 24.3. The van der Waals surface area contributed by atoms with Crippen molar-refractivity contribution in [3.63, 3.8) is 0 Å². The van der Waals surface area contributed by atoms with E-state index in [2.05, 4.69) is 16.7 Å². The molecule has 1 saturated heterocycles. The number of ether oxygens (including phenoxy) is 1. The molecule has 0 radical (unpaired) electrons. The summed E-state index contributed by atoms with van der Waals surface area (Å²) in [6.45, 7) is 3.78. The Balaban J connectivity index is 1.49. The molecule has 2 N–H and O–H groups in total. The Hall–Kier alpha value is -3.41. The number of aryl methyl sites for hydroxylation is 2. The summed E-state index contributed by atoms with van der Waals surface area (Å²) in [7, 11) is 1.68. The molecule has 0 spiro atoms. The molecule has 8 heteroatoms. The van der Waals surface area contributed by atoms with E-state index >= 15 is 0 Å². The normalized spacial score (nSPS) is 17.5. The highest BCUT2D eigenvalue weighted by atomic mass is 16.5. The molecular formula is C24H26N4O4. The molecule has 4 rings (SSSR count). The van der Waals surface area contributed by atoms with E-state index in [0.717, 1.165) is 40.7 Å². The highest BCUT2D eigenvalue weighted by molar-refractivity contribution is 5.82. The second kappa shape index (κ2) is 9.39. The van der Waals surface area contributed by atoms with Crippen LogP contribution in [-0.2, 0) is 23.0 Å². The average Bonchev–Trinajstić information content (AvgIpc) is 2.97. The van der Waals surface area contributed by atoms with Crippen LogP contribution >= 0.6 is 0 Å². The first-order chi connectivity index (χ1) is 15.5. The minimum absolute atomic E-state index is 0.265. The van der Waals surface area contributed by atoms with Gasteiger partial charge in [-0.05, 0) is 54.3 Å². The Morgan fingerprint density at radius 1 is 1.31 bits per heavy atom. The van der Waals surface area contributed by atoms with Gasteiger partial charge in [0.05, 0.1) is 11.6 Å². The second-order valence-electron chi connectivity index (χ2n) is 8.06. The van der Waals surface area contributed by atoms with Crippen LogP contribution in [0.5, 0.6) is 0 Å². The van der Waals surface area contributed by atoms with E-state index in [1.807, 2.05) is 37.3 Å². The maximum absolute atomic E-state index is 12.5. The Labute approximate surface area is 185 Å². The predicted octanol–water partition coefficient (Wildman–Crippen LogP) is 2.04. The number of nitriles is 1. The molecule has 0 saturated carbocycles. The van der Waals surface area contributed by atoms with Crippen LogP contribution in [0.2, 0.25) is 0 Å². The number of carbonyl (C=O) groups is 1. The molecule has 2 heterocycles. The van der Waals surface area contributed by atoms with Gasteiger partial charge < -0.3 is 19.8 Å². The molecule has 1 fully saturated rings. The minimum Gasteiger partial charge on any atom is -0.408 e. The quantitative estimate of drug-likeness (QED) is 0.636. The average molecular weight is 434 g/mol. The van der Waals surface area contributed by atoms with E-state index in [0.29, 0.717) is 25.2 Å². The number of benzene rings is 2. The van der Waals surface area contributed by atoms with E-state index in [1.54, 1.807) is 13.1 Å². The largest absolute Gasteiger partial charge is 0.419 e. The molecule has 1 aliphatic heterocycles. The molecule has 1 amide bonds. The molecule has 3 aromatic rings. The number of amides is 1. The predicted molar refractivity (Wildman–Crippen MR) is 120 cm³/mol. The van der Waals surface area contributed by atoms with Crippen molar-refractivity contribution in [1.82, 2.24) is 15.2 Å². The van der Waals surface area contributed by atoms with Crippen molar-refractivity contribution < 1.29 is 13.9 Å². The Morgan fingerprint density at radius 3 is 2.88 bits per heavy atom. The zero-order valence-corrected chi connectivity index (χ0v) is 18.2. The van der Waals surface area contributed by atoms with Crippen LogP contribution < -0.4 is 16.4 Å². The van der Waals surface area contributed by atoms with Gasteiger partial charge >= 0.3 is 5.76 Å². The molecule has 0 aliphatic carbocycles. The summed E-state index contributed by atoms with van der Waals surface area (Å²) in [5.41, 5.74) is 5.25. The summed E-state index contributed by atoms with van der Waals surface area (Å²) in [5.74, 6) is -0.655. The van der Waals surface area contributed by atoms with Crippen molar-refractivity contribution in [2.75, 3.05) is 19.7 Å². The highest BCUT2D eigenvalue weighted by Gasteiger charge is 2.23. The third-order valence-corrected chi connectivity index (χ3v) is 5.80. The van der Waals surface area contributed by atoms with Crippen LogP contribution in [0, 0.1) is 18.3 Å². The van der Waals surface area contributed by atoms with Crippen LogP contribution in [-0.4, -0.2) is 42.3 Å². The molecule has 1 unspecified atom stereocenters. The lowest BCUT2D eigenvalue weighted by molar-refractivity contribution is -0.132. The Morgan fingerprint density at radius 2 is 2.09 bits per heavy atom. The lowest BCUT2D eigenvalue weighted by Crippen LogP contribution is -2.46. The first kappa shape index (κ1) is 21.8. The van der Waals surface area contributed by atoms with Crippen molar-refractivity contribution in [2.45, 2.75) is 31.9 Å². The molecule has 2 aromatic carbocycles. The smallest absolute Gasteiger partial charge is 0.408 e. The standard InChI is InChI=1S/C24H26N4O4/c1-15-10-17(18-6-7-21-20(12-18)28(2)24(30)32-21)5-4-16(15)11-19(13-25)27-23(29)22-14-26-8-3-9-31-22/h4-7,10,12,19,22,26H,3,8-9,11,14H2,1-2H3,(H,27,29)/t19-,22?/m0/s1. The summed E-state index contributed by atoms with van der Waals surface area (Å²) in [6.07, 6.45) is 0.690. The monoisotopic (exact) mass is 434 g/mol. The van der Waals surface area contributed by atoms with E-state index in [9.17, 15) is 14.9 Å². The van der Waals surface area contributed by atoms with Crippen LogP contribution in [0.1, 0.15) is 17.5 Å². The molecule has 8 nitrogen and oxygen atoms in total. The van der Waals surface area contributed by atoms with E-state index in [1.165, 1.54) is 4.57 Å². The van der Waals surface area contributed by atoms with Crippen LogP contribution in [0.15, 0.2) is 45.6 Å². The third-order valence-electron chi connectivity index (χ3n) is 5.80. The third kappa shape index (κ3) is 4.59. The number of hydrogen-bond donors (Lipinski definition) is 2. The number of nitrogens with zero attached hydrogens (tertiary/aromatic N) is 2. The zero-order valence-electron chi connectivity index (χ0n) is 18.2. The van der Waals surface area contributed by atoms with Crippen LogP contribution in [0.25, 0.3) is 22.2 Å². The van der Waals surface area contributed by atoms with Crippen LogP contribution in [0.4, 0.5) is 0 Å². The van der Waals surface area contributed by atoms with Crippen LogP contribution in [0.3, 0.4) is 0 Å². The number of fused-ring (bicyclic) bond motifs is 1. The van der Waals surface area contributed by atoms with Gasteiger partial charge in [0.2, 0.25) is 0 Å². The second-order valence-corrected chi connectivity index (χ2v) is 8.06. The van der Waals surface area contributed by atoms with Gasteiger partial charge in [-0.2, -0.15) is 5.26 Å². The van der Waals surface area contributed by atoms with Crippen molar-refractivity contribution >= 4 is 17.0 Å². The summed E-state index contributed by atoms with van der Waals surface area (Å²) < 4.78 is 12.3. The number of rotatable bonds is 5. The van der Waals surface area contributed by atoms with E-state index in [4.69, 9.17) is 9.15 Å². The van der Waals surface area contributed by atoms with E-state index in [-0.39, 0.29) is 5.91 Å². The van der Waals surface area contributed by atoms with Gasteiger partial charge in [0.1, 0.15) is 12.1 Å². The lowest BCUT2D eigenvalue weighted by atomic mass is 9.96. The number of hydrogen-bond acceptors (Lipinski definition) is 6. The molecule has 166 valence electrons. The molecule has 2 atom stereocenters. The number of oxazole rings is 1. The molecule has 0 bridgehead atoms. The maximum Gasteiger partial charge on any atom is 0.419 e. The summed E-state index contributed by atoms with van der Waals surface area (Å²) in [5, 5.41) is 15.6. The van der Waals surface area contributed by atoms with Gasteiger partial charge in [0.25, 0.3) is 5.91 Å². The molecule has 1 aromatic heterocycles. The zero-order chi connectivity index (χ0) is 22.7. The summed E-state index contributed by atoms with van der Waals surface area (Å²) >= 11 is 0. The Bertz CT molecular complexity index is 1230. The van der Waals surface area contributed by atoms with Crippen molar-refractivity contribution in [3.8, 4) is 17.2 Å². The van der Waals surface area contributed by atoms with Gasteiger partial charge in [-0.25, -0.2) is 4.79 Å². The SMILES string of the molecule is Cc1cc(-c2ccc3oc(=O)n(C)c3c2)ccc1C[C@@H](C#N)NC(=O)C1CNCCCO1. The molecular weight excluding hydrogens is 408 g/mol. The minimum atomic E-state index is -0.643. The van der Waals surface area contributed by atoms with Gasteiger partial charge in [0.15, 0.2) is 5.58 Å². The lowest BCUT2D eigenvalue weighted by Gasteiger charge is -2.18. The Kier molecular flexibility index (Phi) is 6.40. The highest BCUT2D eigenvalue weighted by Crippen LogP contribution is 2.26. The fourth-order valence-corrected chi connectivity index (χ4v) is 3.91. The molecule has 1 aliphatic rings. The maximum atomic E-state index is 12.5. The van der Waals surface area contributed by atoms with Crippen molar-refractivity contribution in [1.29, 1.82) is 5.26 Å². The van der Waals surface area contributed by atoms with Crippen molar-refractivity contribution in [3.05, 3.63) is 58.1 Å². The van der Waals surface area contributed by atoms with Gasteiger partial charge in [-0.3, -0.25) is 9.36 Å². The first-order valence-corrected chi connectivity index (χ1v) is 10.7. The van der Waals surface area contributed by atoms with E-state index < -0.39 is 17.9 Å². The number of carbonyl (C=O) groups excluding carboxylic acids is 1. The number of aromatic nitrogens is 1. The topological polar surface area (TPSA) is 109 Å². The fraction of sp³-hybridized carbons (Fsp3) is 0.375. The van der Waals surface area contributed by atoms with Crippen molar-refractivity contribution in [2.24, 2.45) is 7.05 Å². The van der Waals surface area contributed by atoms with Gasteiger partial charge in [-0.1, -0.05) is 24.3 Å². The number of nitrogens with one attached hydrogen (secondary N) is 2. The first-order valence-electron chi connectivity index (χ1n) is 10.7. The molecule has 32 heavy (non-hydrogen) atoms. The summed E-state index contributed by atoms with van der Waals surface area (Å²) in [6, 6.07) is 13.2. The fourth-order valence-electron chi connectivity index (χ4n) is 3.91. The van der Waals surface area contributed by atoms with Gasteiger partial charge in [0, 0.05) is 26.6 Å². The van der Waals surface area contributed by atoms with Gasteiger partial charge in [-0.15, -0.1) is 0 Å².